The number of halogens is 1. The topological polar surface area (TPSA) is 59.3 Å². The molecule has 98 valence electrons. The molecule has 0 bridgehead atoms. The van der Waals surface area contributed by atoms with Crippen molar-refractivity contribution in [1.29, 1.82) is 0 Å². The number of amides is 1. The van der Waals surface area contributed by atoms with Crippen molar-refractivity contribution >= 4 is 27.5 Å². The molecule has 6 heteroatoms. The number of nitrogens with one attached hydrogen (secondary N) is 1. The van der Waals surface area contributed by atoms with Gasteiger partial charge < -0.3 is 4.57 Å². The van der Waals surface area contributed by atoms with E-state index in [0.717, 1.165) is 10.2 Å². The van der Waals surface area contributed by atoms with Crippen LogP contribution >= 0.6 is 15.9 Å². The molecule has 1 N–H and O–H groups in total. The van der Waals surface area contributed by atoms with Crippen LogP contribution in [0.4, 0.5) is 0 Å². The fourth-order valence-electron chi connectivity index (χ4n) is 1.58. The number of carbonyl (C=O) groups excluding carboxylic acids is 1. The van der Waals surface area contributed by atoms with E-state index in [1.807, 2.05) is 24.4 Å². The molecular formula is C13H13BrN4O. The summed E-state index contributed by atoms with van der Waals surface area (Å²) in [5.74, 6) is -0.261. The van der Waals surface area contributed by atoms with E-state index in [2.05, 4.69) is 31.4 Å². The van der Waals surface area contributed by atoms with E-state index in [0.29, 0.717) is 11.4 Å². The van der Waals surface area contributed by atoms with Crippen LogP contribution in [-0.4, -0.2) is 21.2 Å². The molecule has 2 aromatic heterocycles. The Balaban J connectivity index is 2.10. The molecule has 1 amide bonds. The average Bonchev–Trinajstić information content (AvgIpc) is 2.75. The van der Waals surface area contributed by atoms with Gasteiger partial charge in [-0.15, -0.1) is 0 Å². The Kier molecular flexibility index (Phi) is 4.11. The number of hydrogen-bond donors (Lipinski definition) is 1. The minimum absolute atomic E-state index is 0.261. The number of aromatic nitrogens is 2. The summed E-state index contributed by atoms with van der Waals surface area (Å²) in [7, 11) is 1.80. The van der Waals surface area contributed by atoms with Crippen molar-refractivity contribution in [3.63, 3.8) is 0 Å². The molecule has 0 spiro atoms. The quantitative estimate of drug-likeness (QED) is 0.697. The van der Waals surface area contributed by atoms with Crippen molar-refractivity contribution in [2.24, 2.45) is 12.1 Å². The maximum Gasteiger partial charge on any atom is 0.288 e. The number of pyridine rings is 1. The van der Waals surface area contributed by atoms with Crippen LogP contribution in [0.1, 0.15) is 23.1 Å². The number of hydrogen-bond acceptors (Lipinski definition) is 3. The minimum atomic E-state index is -0.261. The zero-order chi connectivity index (χ0) is 13.8. The highest BCUT2D eigenvalue weighted by Gasteiger charge is 2.10. The van der Waals surface area contributed by atoms with Gasteiger partial charge in [0.1, 0.15) is 5.69 Å². The van der Waals surface area contributed by atoms with Gasteiger partial charge in [0.25, 0.3) is 5.91 Å². The molecule has 0 fully saturated rings. The lowest BCUT2D eigenvalue weighted by atomic mass is 10.3. The number of nitrogens with zero attached hydrogens (tertiary/aromatic N) is 3. The summed E-state index contributed by atoms with van der Waals surface area (Å²) in [4.78, 5) is 16.1. The average molecular weight is 321 g/mol. The summed E-state index contributed by atoms with van der Waals surface area (Å²) in [5.41, 5.74) is 4.44. The lowest BCUT2D eigenvalue weighted by Gasteiger charge is -2.03. The second-order valence-corrected chi connectivity index (χ2v) is 4.92. The van der Waals surface area contributed by atoms with Crippen LogP contribution in [0.3, 0.4) is 0 Å². The van der Waals surface area contributed by atoms with Crippen molar-refractivity contribution in [3.05, 3.63) is 52.5 Å². The molecule has 0 aromatic carbocycles. The molecule has 2 heterocycles. The highest BCUT2D eigenvalue weighted by molar-refractivity contribution is 9.10. The van der Waals surface area contributed by atoms with E-state index in [4.69, 9.17) is 0 Å². The van der Waals surface area contributed by atoms with Gasteiger partial charge in [-0.3, -0.25) is 9.78 Å². The largest absolute Gasteiger partial charge is 0.345 e. The van der Waals surface area contributed by atoms with Gasteiger partial charge in [0.15, 0.2) is 0 Å². The summed E-state index contributed by atoms with van der Waals surface area (Å²) in [6.07, 6.45) is 3.49. The van der Waals surface area contributed by atoms with E-state index in [-0.39, 0.29) is 5.91 Å². The Labute approximate surface area is 119 Å². The van der Waals surface area contributed by atoms with Crippen LogP contribution in [0.15, 0.2) is 46.2 Å². The Morgan fingerprint density at radius 1 is 1.47 bits per heavy atom. The maximum absolute atomic E-state index is 11.9. The summed E-state index contributed by atoms with van der Waals surface area (Å²) in [5, 5.41) is 4.05. The second kappa shape index (κ2) is 5.79. The first-order chi connectivity index (χ1) is 9.08. The Morgan fingerprint density at radius 3 is 2.84 bits per heavy atom. The van der Waals surface area contributed by atoms with Crippen LogP contribution in [-0.2, 0) is 7.05 Å². The molecule has 0 aliphatic rings. The zero-order valence-corrected chi connectivity index (χ0v) is 12.2. The molecule has 2 aromatic rings. The predicted octanol–water partition coefficient (Wildman–Crippen LogP) is 2.34. The van der Waals surface area contributed by atoms with E-state index in [9.17, 15) is 4.79 Å². The van der Waals surface area contributed by atoms with Gasteiger partial charge in [0, 0.05) is 23.9 Å². The van der Waals surface area contributed by atoms with Gasteiger partial charge in [-0.1, -0.05) is 6.07 Å². The normalized spacial score (nSPS) is 11.4. The van der Waals surface area contributed by atoms with E-state index >= 15 is 0 Å². The Morgan fingerprint density at radius 2 is 2.26 bits per heavy atom. The summed E-state index contributed by atoms with van der Waals surface area (Å²) >= 11 is 3.32. The van der Waals surface area contributed by atoms with Gasteiger partial charge in [0.2, 0.25) is 0 Å². The highest BCUT2D eigenvalue weighted by Crippen LogP contribution is 2.13. The van der Waals surface area contributed by atoms with Crippen molar-refractivity contribution in [3.8, 4) is 0 Å². The van der Waals surface area contributed by atoms with Gasteiger partial charge in [-0.05, 0) is 41.1 Å². The number of hydrazone groups is 1. The number of rotatable bonds is 3. The molecule has 2 rings (SSSR count). The van der Waals surface area contributed by atoms with E-state index in [1.54, 1.807) is 30.8 Å². The van der Waals surface area contributed by atoms with Crippen LogP contribution < -0.4 is 5.43 Å². The minimum Gasteiger partial charge on any atom is -0.345 e. The van der Waals surface area contributed by atoms with Gasteiger partial charge >= 0.3 is 0 Å². The molecular weight excluding hydrogens is 308 g/mol. The summed E-state index contributed by atoms with van der Waals surface area (Å²) < 4.78 is 2.58. The molecule has 0 aliphatic heterocycles. The Hall–Kier alpha value is -1.95. The molecule has 0 aliphatic carbocycles. The van der Waals surface area contributed by atoms with Crippen LogP contribution in [0, 0.1) is 0 Å². The first kappa shape index (κ1) is 13.5. The fraction of sp³-hybridized carbons (Fsp3) is 0.154. The highest BCUT2D eigenvalue weighted by atomic mass is 79.9. The molecule has 19 heavy (non-hydrogen) atoms. The van der Waals surface area contributed by atoms with Crippen molar-refractivity contribution in [1.82, 2.24) is 15.0 Å². The zero-order valence-electron chi connectivity index (χ0n) is 10.6. The van der Waals surface area contributed by atoms with Crippen LogP contribution in [0.2, 0.25) is 0 Å². The van der Waals surface area contributed by atoms with Crippen LogP contribution in [0.25, 0.3) is 0 Å². The summed E-state index contributed by atoms with van der Waals surface area (Å²) in [6, 6.07) is 7.28. The molecule has 0 atom stereocenters. The fourth-order valence-corrected chi connectivity index (χ4v) is 2.10. The predicted molar refractivity (Wildman–Crippen MR) is 77.0 cm³/mol. The molecule has 0 unspecified atom stereocenters. The monoisotopic (exact) mass is 320 g/mol. The van der Waals surface area contributed by atoms with E-state index in [1.165, 1.54) is 0 Å². The van der Waals surface area contributed by atoms with Crippen molar-refractivity contribution < 1.29 is 4.79 Å². The first-order valence-electron chi connectivity index (χ1n) is 5.66. The van der Waals surface area contributed by atoms with Crippen molar-refractivity contribution in [2.45, 2.75) is 6.92 Å². The van der Waals surface area contributed by atoms with Gasteiger partial charge in [-0.25, -0.2) is 5.43 Å². The number of aryl methyl sites for hydroxylation is 1. The number of carbonyl (C=O) groups is 1. The summed E-state index contributed by atoms with van der Waals surface area (Å²) in [6.45, 7) is 1.80. The standard InChI is InChI=1S/C13H13BrN4O/c1-9(11-5-3-4-6-15-11)16-17-13(19)12-7-10(14)8-18(12)2/h3-8H,1-2H3,(H,17,19). The SMILES string of the molecule is CC(=NNC(=O)c1cc(Br)cn1C)c1ccccn1. The second-order valence-electron chi connectivity index (χ2n) is 4.01. The molecule has 0 saturated carbocycles. The lowest BCUT2D eigenvalue weighted by Crippen LogP contribution is -2.21. The third kappa shape index (κ3) is 3.29. The maximum atomic E-state index is 11.9. The Bertz CT molecular complexity index is 619. The molecule has 0 saturated heterocycles. The third-order valence-electron chi connectivity index (χ3n) is 2.56. The van der Waals surface area contributed by atoms with E-state index < -0.39 is 0 Å². The van der Waals surface area contributed by atoms with Gasteiger partial charge in [0.05, 0.1) is 11.4 Å². The van der Waals surface area contributed by atoms with Crippen LogP contribution in [0.5, 0.6) is 0 Å². The smallest absolute Gasteiger partial charge is 0.288 e. The van der Waals surface area contributed by atoms with Crippen molar-refractivity contribution in [2.75, 3.05) is 0 Å². The lowest BCUT2D eigenvalue weighted by molar-refractivity contribution is 0.0946. The first-order valence-corrected chi connectivity index (χ1v) is 6.45. The molecule has 0 radical (unpaired) electrons. The third-order valence-corrected chi connectivity index (χ3v) is 3.00. The van der Waals surface area contributed by atoms with Gasteiger partial charge in [-0.2, -0.15) is 5.10 Å². The molecule has 5 nitrogen and oxygen atoms in total.